The zero-order valence-electron chi connectivity index (χ0n) is 18.5. The van der Waals surface area contributed by atoms with E-state index in [1.165, 1.54) is 13.8 Å². The van der Waals surface area contributed by atoms with Crippen LogP contribution in [0.3, 0.4) is 0 Å². The molecule has 2 heterocycles. The number of ether oxygens (including phenoxy) is 3. The third-order valence-corrected chi connectivity index (χ3v) is 8.90. The fourth-order valence-electron chi connectivity index (χ4n) is 8.02. The van der Waals surface area contributed by atoms with Crippen LogP contribution >= 0.6 is 0 Å². The van der Waals surface area contributed by atoms with Gasteiger partial charge >= 0.3 is 11.9 Å². The summed E-state index contributed by atoms with van der Waals surface area (Å²) < 4.78 is 17.7. The predicted molar refractivity (Wildman–Crippen MR) is 108 cm³/mol. The summed E-state index contributed by atoms with van der Waals surface area (Å²) in [6.07, 6.45) is 3.57. The summed E-state index contributed by atoms with van der Waals surface area (Å²) >= 11 is 0. The maximum absolute atomic E-state index is 13.6. The Morgan fingerprint density at radius 1 is 1.19 bits per heavy atom. The molecule has 2 spiro atoms. The van der Waals surface area contributed by atoms with Gasteiger partial charge in [-0.05, 0) is 48.2 Å². The molecule has 2 saturated heterocycles. The average molecular weight is 430 g/mol. The smallest absolute Gasteiger partial charge is 0.303 e. The summed E-state index contributed by atoms with van der Waals surface area (Å²) in [6.45, 7) is 10.9. The molecule has 1 N–H and O–H groups in total. The van der Waals surface area contributed by atoms with Gasteiger partial charge < -0.3 is 19.3 Å². The summed E-state index contributed by atoms with van der Waals surface area (Å²) in [7, 11) is 0. The van der Waals surface area contributed by atoms with Crippen molar-refractivity contribution >= 4 is 17.7 Å². The van der Waals surface area contributed by atoms with Crippen molar-refractivity contribution in [1.82, 2.24) is 0 Å². The first-order valence-electron chi connectivity index (χ1n) is 11.0. The van der Waals surface area contributed by atoms with Crippen LogP contribution in [0.1, 0.15) is 47.0 Å². The summed E-state index contributed by atoms with van der Waals surface area (Å²) in [6, 6.07) is 0. The van der Waals surface area contributed by atoms with Crippen LogP contribution in [-0.4, -0.2) is 47.4 Å². The van der Waals surface area contributed by atoms with Crippen LogP contribution < -0.4 is 0 Å². The Balaban J connectivity index is 1.80. The van der Waals surface area contributed by atoms with Gasteiger partial charge in [0.1, 0.15) is 6.10 Å². The second-order valence-corrected chi connectivity index (χ2v) is 10.7. The lowest BCUT2D eigenvalue weighted by molar-refractivity contribution is -0.441. The molecule has 8 atom stereocenters. The number of fused-ring (bicyclic) bond motifs is 2. The number of aliphatic hydroxyl groups is 1. The van der Waals surface area contributed by atoms with Crippen molar-refractivity contribution in [3.8, 4) is 0 Å². The molecule has 7 nitrogen and oxygen atoms in total. The van der Waals surface area contributed by atoms with E-state index < -0.39 is 52.1 Å². The molecule has 3 saturated carbocycles. The lowest BCUT2D eigenvalue weighted by atomic mass is 9.37. The monoisotopic (exact) mass is 430 g/mol. The minimum Gasteiger partial charge on any atom is -0.457 e. The number of esters is 2. The number of allylic oxidation sites excluding steroid dienone is 2. The molecule has 168 valence electrons. The minimum atomic E-state index is -1.89. The Bertz CT molecular complexity index is 934. The first-order valence-corrected chi connectivity index (χ1v) is 11.0. The van der Waals surface area contributed by atoms with Crippen molar-refractivity contribution < 1.29 is 33.7 Å². The van der Waals surface area contributed by atoms with Gasteiger partial charge in [-0.1, -0.05) is 26.5 Å². The molecule has 31 heavy (non-hydrogen) atoms. The lowest BCUT2D eigenvalue weighted by Gasteiger charge is -2.72. The summed E-state index contributed by atoms with van der Waals surface area (Å²) in [5.74, 6) is -3.70. The Labute approximate surface area is 181 Å². The molecule has 5 fully saturated rings. The molecule has 7 heteroatoms. The molecule has 2 aliphatic heterocycles. The zero-order chi connectivity index (χ0) is 22.6. The predicted octanol–water partition coefficient (Wildman–Crippen LogP) is 2.32. The molecule has 0 radical (unpaired) electrons. The van der Waals surface area contributed by atoms with Crippen LogP contribution in [0, 0.1) is 34.0 Å². The standard InChI is InChI=1S/C24H30O7/c1-12-15-6-7-16-22-11-29-24(28,23(16,10-15)19(12)30-13(2)25)20(31-14(3)26)18(22)21(4,5)9-8-17(22)27/h8-9,15-16,18-20,28H,1,6-7,10-11H2,2-5H3/t15-,16+,18-,19-,20+,22-,23+,24-/m1/s1. The van der Waals surface area contributed by atoms with Gasteiger partial charge in [0, 0.05) is 19.8 Å². The topological polar surface area (TPSA) is 99.1 Å². The number of ketones is 1. The fraction of sp³-hybridized carbons (Fsp3) is 0.708. The van der Waals surface area contributed by atoms with Crippen LogP contribution in [0.4, 0.5) is 0 Å². The van der Waals surface area contributed by atoms with E-state index in [9.17, 15) is 19.5 Å². The van der Waals surface area contributed by atoms with Crippen molar-refractivity contribution in [3.05, 3.63) is 24.3 Å². The van der Waals surface area contributed by atoms with E-state index in [2.05, 4.69) is 6.58 Å². The molecule has 4 aliphatic carbocycles. The Morgan fingerprint density at radius 2 is 1.87 bits per heavy atom. The molecule has 0 aromatic carbocycles. The summed E-state index contributed by atoms with van der Waals surface area (Å²) in [4.78, 5) is 37.9. The number of rotatable bonds is 2. The number of carbonyl (C=O) groups excluding carboxylic acids is 3. The van der Waals surface area contributed by atoms with Crippen LogP contribution in [0.2, 0.25) is 0 Å². The van der Waals surface area contributed by atoms with Gasteiger partial charge in [0.05, 0.1) is 17.4 Å². The Kier molecular flexibility index (Phi) is 4.09. The molecule has 0 aromatic rings. The fourth-order valence-corrected chi connectivity index (χ4v) is 8.02. The van der Waals surface area contributed by atoms with Gasteiger partial charge in [-0.3, -0.25) is 14.4 Å². The quantitative estimate of drug-likeness (QED) is 0.530. The van der Waals surface area contributed by atoms with Gasteiger partial charge in [0.2, 0.25) is 5.79 Å². The van der Waals surface area contributed by atoms with E-state index in [1.807, 2.05) is 19.9 Å². The van der Waals surface area contributed by atoms with Gasteiger partial charge in [0.25, 0.3) is 0 Å². The minimum absolute atomic E-state index is 0.0441. The first kappa shape index (κ1) is 20.9. The van der Waals surface area contributed by atoms with Crippen LogP contribution in [-0.2, 0) is 28.6 Å². The molecule has 0 aromatic heterocycles. The summed E-state index contributed by atoms with van der Waals surface area (Å²) in [5.41, 5.74) is -1.84. The highest BCUT2D eigenvalue weighted by molar-refractivity contribution is 5.97. The van der Waals surface area contributed by atoms with Crippen LogP contribution in [0.25, 0.3) is 0 Å². The highest BCUT2D eigenvalue weighted by Crippen LogP contribution is 2.77. The largest absolute Gasteiger partial charge is 0.457 e. The van der Waals surface area contributed by atoms with E-state index >= 15 is 0 Å². The first-order chi connectivity index (χ1) is 14.4. The zero-order valence-corrected chi connectivity index (χ0v) is 18.5. The maximum atomic E-state index is 13.6. The van der Waals surface area contributed by atoms with Crippen molar-refractivity contribution in [1.29, 1.82) is 0 Å². The second kappa shape index (κ2) is 6.07. The molecular weight excluding hydrogens is 400 g/mol. The molecule has 0 amide bonds. The number of carbonyl (C=O) groups is 3. The maximum Gasteiger partial charge on any atom is 0.303 e. The van der Waals surface area contributed by atoms with Crippen LogP contribution in [0.15, 0.2) is 24.3 Å². The Morgan fingerprint density at radius 3 is 2.52 bits per heavy atom. The molecule has 4 bridgehead atoms. The second-order valence-electron chi connectivity index (χ2n) is 10.7. The van der Waals surface area contributed by atoms with Gasteiger partial charge in [-0.15, -0.1) is 0 Å². The molecule has 6 rings (SSSR count). The average Bonchev–Trinajstić information content (AvgIpc) is 2.87. The SMILES string of the molecule is C=C1[C@@H]2CC[C@H]3[C@@]45CO[C@](O)([C@@H](OC(C)=O)[C@@H]4C(C)(C)C=CC5=O)[C@]3(C2)[C@@H]1OC(C)=O. The van der Waals surface area contributed by atoms with E-state index in [0.717, 1.165) is 12.0 Å². The highest BCUT2D eigenvalue weighted by Gasteiger charge is 2.85. The number of hydrogen-bond acceptors (Lipinski definition) is 7. The number of hydrogen-bond donors (Lipinski definition) is 1. The van der Waals surface area contributed by atoms with Gasteiger partial charge in [-0.25, -0.2) is 0 Å². The lowest BCUT2D eigenvalue weighted by Crippen LogP contribution is -2.83. The Hall–Kier alpha value is -1.99. The van der Waals surface area contributed by atoms with Crippen molar-refractivity contribution in [2.75, 3.05) is 6.61 Å². The van der Waals surface area contributed by atoms with Gasteiger partial charge in [-0.2, -0.15) is 0 Å². The third kappa shape index (κ3) is 2.24. The van der Waals surface area contributed by atoms with E-state index in [0.29, 0.717) is 12.8 Å². The normalized spacial score (nSPS) is 48.7. The molecule has 6 aliphatic rings. The van der Waals surface area contributed by atoms with Crippen molar-refractivity contribution in [3.63, 3.8) is 0 Å². The third-order valence-electron chi connectivity index (χ3n) is 8.90. The summed E-state index contributed by atoms with van der Waals surface area (Å²) in [5, 5.41) is 12.3. The van der Waals surface area contributed by atoms with Crippen molar-refractivity contribution in [2.24, 2.45) is 34.0 Å². The van der Waals surface area contributed by atoms with Gasteiger partial charge in [0.15, 0.2) is 11.9 Å². The van der Waals surface area contributed by atoms with E-state index in [1.54, 1.807) is 6.08 Å². The van der Waals surface area contributed by atoms with E-state index in [-0.39, 0.29) is 24.2 Å². The van der Waals surface area contributed by atoms with Crippen molar-refractivity contribution in [2.45, 2.75) is 65.0 Å². The van der Waals surface area contributed by atoms with E-state index in [4.69, 9.17) is 14.2 Å². The van der Waals surface area contributed by atoms with Crippen LogP contribution in [0.5, 0.6) is 0 Å². The highest BCUT2D eigenvalue weighted by atomic mass is 16.7. The molecular formula is C24H30O7. The molecule has 0 unspecified atom stereocenters.